The zero-order chi connectivity index (χ0) is 21.5. The van der Waals surface area contributed by atoms with Crippen LogP contribution in [0.5, 0.6) is 0 Å². The number of hydrazone groups is 1. The summed E-state index contributed by atoms with van der Waals surface area (Å²) in [5.41, 5.74) is 6.07. The molecule has 0 saturated heterocycles. The summed E-state index contributed by atoms with van der Waals surface area (Å²) < 4.78 is 2.05. The first kappa shape index (κ1) is 19.8. The Morgan fingerprint density at radius 1 is 0.839 bits per heavy atom. The Morgan fingerprint density at radius 3 is 2.42 bits per heavy atom. The highest BCUT2D eigenvalue weighted by atomic mass is 35.5. The highest BCUT2D eigenvalue weighted by Gasteiger charge is 2.26. The summed E-state index contributed by atoms with van der Waals surface area (Å²) in [4.78, 5) is 0. The number of aryl methyl sites for hydroxylation is 2. The molecule has 5 nitrogen and oxygen atoms in total. The van der Waals surface area contributed by atoms with Gasteiger partial charge in [-0.05, 0) is 43.2 Å². The molecule has 1 aliphatic heterocycles. The van der Waals surface area contributed by atoms with Crippen LogP contribution in [0.1, 0.15) is 28.1 Å². The van der Waals surface area contributed by atoms with E-state index in [4.69, 9.17) is 28.3 Å². The first-order valence-corrected chi connectivity index (χ1v) is 10.7. The quantitative estimate of drug-likeness (QED) is 0.388. The van der Waals surface area contributed by atoms with Crippen LogP contribution in [-0.4, -0.2) is 20.5 Å². The van der Waals surface area contributed by atoms with E-state index in [0.29, 0.717) is 22.5 Å². The van der Waals surface area contributed by atoms with Gasteiger partial charge in [0.25, 0.3) is 5.95 Å². The van der Waals surface area contributed by atoms with Crippen molar-refractivity contribution in [2.75, 3.05) is 5.01 Å². The fourth-order valence-corrected chi connectivity index (χ4v) is 4.09. The highest BCUT2D eigenvalue weighted by Crippen LogP contribution is 2.32. The molecular weight excluding hydrogens is 429 g/mol. The van der Waals surface area contributed by atoms with Crippen molar-refractivity contribution in [1.29, 1.82) is 0 Å². The molecule has 0 N–H and O–H groups in total. The van der Waals surface area contributed by atoms with Crippen LogP contribution < -0.4 is 5.01 Å². The SMILES string of the molecule is Cc1ccc2c(c1)-n1c(C)nnc1N(Cc1ccc(Cl)c(Cl)c1)N=C2c1ccccc1. The minimum absolute atomic E-state index is 0.471. The molecule has 31 heavy (non-hydrogen) atoms. The van der Waals surface area contributed by atoms with Crippen LogP contribution >= 0.6 is 23.2 Å². The van der Waals surface area contributed by atoms with Gasteiger partial charge in [0.2, 0.25) is 0 Å². The predicted octanol–water partition coefficient (Wildman–Crippen LogP) is 5.96. The molecule has 3 aromatic carbocycles. The predicted molar refractivity (Wildman–Crippen MR) is 126 cm³/mol. The normalized spacial score (nSPS) is 12.8. The summed E-state index contributed by atoms with van der Waals surface area (Å²) in [5, 5.41) is 16.8. The number of benzene rings is 3. The fraction of sp³-hybridized carbons (Fsp3) is 0.125. The van der Waals surface area contributed by atoms with Crippen LogP contribution in [0.2, 0.25) is 10.0 Å². The molecule has 0 unspecified atom stereocenters. The minimum atomic E-state index is 0.471. The van der Waals surface area contributed by atoms with Gasteiger partial charge in [-0.15, -0.1) is 10.2 Å². The Balaban J connectivity index is 1.73. The van der Waals surface area contributed by atoms with Crippen LogP contribution in [0.25, 0.3) is 5.69 Å². The van der Waals surface area contributed by atoms with Gasteiger partial charge in [-0.2, -0.15) is 5.10 Å². The molecule has 7 heteroatoms. The molecule has 154 valence electrons. The van der Waals surface area contributed by atoms with Gasteiger partial charge in [-0.25, -0.2) is 5.01 Å². The van der Waals surface area contributed by atoms with Crippen LogP contribution in [0.4, 0.5) is 5.95 Å². The maximum Gasteiger partial charge on any atom is 0.252 e. The molecule has 5 rings (SSSR count). The van der Waals surface area contributed by atoms with Crippen molar-refractivity contribution >= 4 is 34.9 Å². The van der Waals surface area contributed by atoms with E-state index < -0.39 is 0 Å². The number of fused-ring (bicyclic) bond motifs is 3. The van der Waals surface area contributed by atoms with Crippen molar-refractivity contribution < 1.29 is 0 Å². The molecule has 0 atom stereocenters. The molecular formula is C24H19Cl2N5. The van der Waals surface area contributed by atoms with Crippen molar-refractivity contribution in [3.8, 4) is 5.69 Å². The van der Waals surface area contributed by atoms with Crippen LogP contribution in [0.15, 0.2) is 71.8 Å². The lowest BCUT2D eigenvalue weighted by Gasteiger charge is -2.18. The third-order valence-electron chi connectivity index (χ3n) is 5.27. The van der Waals surface area contributed by atoms with Gasteiger partial charge in [0, 0.05) is 11.1 Å². The highest BCUT2D eigenvalue weighted by molar-refractivity contribution is 6.42. The van der Waals surface area contributed by atoms with Gasteiger partial charge in [0.1, 0.15) is 11.5 Å². The monoisotopic (exact) mass is 447 g/mol. The smallest absolute Gasteiger partial charge is 0.252 e. The van der Waals surface area contributed by atoms with Crippen LogP contribution in [0.3, 0.4) is 0 Å². The largest absolute Gasteiger partial charge is 0.263 e. The molecule has 0 saturated carbocycles. The van der Waals surface area contributed by atoms with Crippen LogP contribution in [-0.2, 0) is 6.54 Å². The number of rotatable bonds is 3. The second kappa shape index (κ2) is 7.84. The van der Waals surface area contributed by atoms with Gasteiger partial charge in [-0.1, -0.05) is 71.7 Å². The maximum atomic E-state index is 6.26. The summed E-state index contributed by atoms with van der Waals surface area (Å²) >= 11 is 12.4. The number of anilines is 1. The Bertz CT molecular complexity index is 1310. The molecule has 0 bridgehead atoms. The number of halogens is 2. The lowest BCUT2D eigenvalue weighted by Crippen LogP contribution is -2.20. The van der Waals surface area contributed by atoms with Gasteiger partial charge in [0.15, 0.2) is 0 Å². The number of hydrogen-bond acceptors (Lipinski definition) is 4. The molecule has 0 amide bonds. The molecule has 1 aliphatic rings. The Hall–Kier alpha value is -3.15. The van der Waals surface area contributed by atoms with E-state index in [1.165, 1.54) is 0 Å². The van der Waals surface area contributed by atoms with Crippen molar-refractivity contribution in [2.24, 2.45) is 5.10 Å². The molecule has 0 radical (unpaired) electrons. The number of aromatic nitrogens is 3. The molecule has 0 fully saturated rings. The van der Waals surface area contributed by atoms with Gasteiger partial charge < -0.3 is 0 Å². The summed E-state index contributed by atoms with van der Waals surface area (Å²) in [7, 11) is 0. The molecule has 4 aromatic rings. The lowest BCUT2D eigenvalue weighted by molar-refractivity contribution is 0.796. The lowest BCUT2D eigenvalue weighted by atomic mass is 9.99. The topological polar surface area (TPSA) is 46.3 Å². The van der Waals surface area contributed by atoms with E-state index in [-0.39, 0.29) is 0 Å². The maximum absolute atomic E-state index is 6.26. The van der Waals surface area contributed by atoms with Crippen LogP contribution in [0, 0.1) is 13.8 Å². The van der Waals surface area contributed by atoms with Crippen molar-refractivity contribution in [3.05, 3.63) is 105 Å². The second-order valence-corrected chi connectivity index (χ2v) is 8.34. The van der Waals surface area contributed by atoms with Crippen molar-refractivity contribution in [3.63, 3.8) is 0 Å². The van der Waals surface area contributed by atoms with Crippen molar-refractivity contribution in [1.82, 2.24) is 14.8 Å². The van der Waals surface area contributed by atoms with E-state index in [2.05, 4.69) is 52.0 Å². The van der Waals surface area contributed by atoms with Gasteiger partial charge >= 0.3 is 0 Å². The number of nitrogens with zero attached hydrogens (tertiary/aromatic N) is 5. The molecule has 0 spiro atoms. The second-order valence-electron chi connectivity index (χ2n) is 7.52. The summed E-state index contributed by atoms with van der Waals surface area (Å²) in [6, 6.07) is 22.1. The standard InChI is InChI=1S/C24H19Cl2N5/c1-15-8-10-19-22(12-15)31-16(2)27-28-24(31)30(14-17-9-11-20(25)21(26)13-17)29-23(19)18-6-4-3-5-7-18/h3-13H,14H2,1-2H3. The van der Waals surface area contributed by atoms with E-state index >= 15 is 0 Å². The molecule has 1 aromatic heterocycles. The Labute approximate surface area is 190 Å². The average molecular weight is 448 g/mol. The minimum Gasteiger partial charge on any atom is -0.263 e. The zero-order valence-corrected chi connectivity index (χ0v) is 18.6. The zero-order valence-electron chi connectivity index (χ0n) is 17.0. The third kappa shape index (κ3) is 3.60. The fourth-order valence-electron chi connectivity index (χ4n) is 3.77. The first-order valence-electron chi connectivity index (χ1n) is 9.90. The molecule has 2 heterocycles. The van der Waals surface area contributed by atoms with Gasteiger partial charge in [0.05, 0.1) is 22.3 Å². The van der Waals surface area contributed by atoms with Crippen molar-refractivity contribution in [2.45, 2.75) is 20.4 Å². The van der Waals surface area contributed by atoms with Gasteiger partial charge in [-0.3, -0.25) is 4.57 Å². The average Bonchev–Trinajstić information content (AvgIpc) is 3.09. The van der Waals surface area contributed by atoms with E-state index in [1.54, 1.807) is 6.07 Å². The summed E-state index contributed by atoms with van der Waals surface area (Å²) in [5.74, 6) is 1.45. The first-order chi connectivity index (χ1) is 15.0. The summed E-state index contributed by atoms with van der Waals surface area (Å²) in [6.45, 7) is 4.50. The molecule has 0 aliphatic carbocycles. The third-order valence-corrected chi connectivity index (χ3v) is 6.01. The number of hydrogen-bond donors (Lipinski definition) is 0. The summed E-state index contributed by atoms with van der Waals surface area (Å²) in [6.07, 6.45) is 0. The van der Waals surface area contributed by atoms with E-state index in [9.17, 15) is 0 Å². The Kier molecular flexibility index (Phi) is 5.00. The Morgan fingerprint density at radius 2 is 1.65 bits per heavy atom. The van der Waals surface area contributed by atoms with E-state index in [0.717, 1.165) is 39.5 Å². The van der Waals surface area contributed by atoms with E-state index in [1.807, 2.05) is 42.3 Å².